The Kier molecular flexibility index (Phi) is 3.94. The first-order valence-corrected chi connectivity index (χ1v) is 4.47. The third kappa shape index (κ3) is 3.45. The number of hydrogen-bond donors (Lipinski definition) is 2. The van der Waals surface area contributed by atoms with Crippen LogP contribution in [0.25, 0.3) is 0 Å². The number of anilines is 1. The van der Waals surface area contributed by atoms with E-state index in [0.29, 0.717) is 12.3 Å². The maximum absolute atomic E-state index is 11.2. The molecule has 0 atom stereocenters. The molecular weight excluding hydrogens is 180 g/mol. The van der Waals surface area contributed by atoms with Crippen LogP contribution in [0.15, 0.2) is 24.3 Å². The van der Waals surface area contributed by atoms with E-state index < -0.39 is 0 Å². The van der Waals surface area contributed by atoms with Gasteiger partial charge in [-0.25, -0.2) is 5.48 Å². The van der Waals surface area contributed by atoms with E-state index >= 15 is 0 Å². The quantitative estimate of drug-likeness (QED) is 0.552. The average molecular weight is 194 g/mol. The van der Waals surface area contributed by atoms with E-state index in [9.17, 15) is 4.79 Å². The highest BCUT2D eigenvalue weighted by molar-refractivity contribution is 5.77. The van der Waals surface area contributed by atoms with Crippen LogP contribution in [0.5, 0.6) is 0 Å². The molecule has 0 aliphatic rings. The number of carbonyl (C=O) groups excluding carboxylic acids is 1. The van der Waals surface area contributed by atoms with Crippen molar-refractivity contribution in [2.75, 3.05) is 12.3 Å². The minimum atomic E-state index is -0.169. The van der Waals surface area contributed by atoms with Gasteiger partial charge >= 0.3 is 0 Å². The van der Waals surface area contributed by atoms with Crippen LogP contribution in [0.3, 0.4) is 0 Å². The second-order valence-electron chi connectivity index (χ2n) is 2.88. The van der Waals surface area contributed by atoms with Gasteiger partial charge in [-0.05, 0) is 24.6 Å². The molecule has 0 heterocycles. The van der Waals surface area contributed by atoms with E-state index in [1.807, 2.05) is 12.1 Å². The van der Waals surface area contributed by atoms with Crippen LogP contribution < -0.4 is 11.2 Å². The molecule has 0 fully saturated rings. The van der Waals surface area contributed by atoms with E-state index in [0.717, 1.165) is 5.56 Å². The Morgan fingerprint density at radius 3 is 3.00 bits per heavy atom. The summed E-state index contributed by atoms with van der Waals surface area (Å²) in [5.74, 6) is -0.169. The summed E-state index contributed by atoms with van der Waals surface area (Å²) in [7, 11) is 0. The summed E-state index contributed by atoms with van der Waals surface area (Å²) in [5.41, 5.74) is 9.43. The van der Waals surface area contributed by atoms with E-state index in [1.165, 1.54) is 0 Å². The summed E-state index contributed by atoms with van der Waals surface area (Å²) < 4.78 is 0. The van der Waals surface area contributed by atoms with Crippen molar-refractivity contribution in [2.45, 2.75) is 13.3 Å². The fraction of sp³-hybridized carbons (Fsp3) is 0.300. The van der Waals surface area contributed by atoms with Crippen LogP contribution in [0.4, 0.5) is 5.69 Å². The number of nitrogens with one attached hydrogen (secondary N) is 1. The Morgan fingerprint density at radius 1 is 1.57 bits per heavy atom. The van der Waals surface area contributed by atoms with Gasteiger partial charge in [0.05, 0.1) is 13.0 Å². The Hall–Kier alpha value is -1.55. The first kappa shape index (κ1) is 10.5. The van der Waals surface area contributed by atoms with Crippen molar-refractivity contribution in [3.8, 4) is 0 Å². The van der Waals surface area contributed by atoms with E-state index in [1.54, 1.807) is 19.1 Å². The Morgan fingerprint density at radius 2 is 2.36 bits per heavy atom. The molecule has 0 saturated heterocycles. The van der Waals surface area contributed by atoms with E-state index in [4.69, 9.17) is 10.6 Å². The Labute approximate surface area is 83.0 Å². The minimum absolute atomic E-state index is 0.169. The summed E-state index contributed by atoms with van der Waals surface area (Å²) in [6, 6.07) is 7.22. The molecule has 1 rings (SSSR count). The minimum Gasteiger partial charge on any atom is -0.399 e. The van der Waals surface area contributed by atoms with Gasteiger partial charge in [0, 0.05) is 5.69 Å². The zero-order valence-corrected chi connectivity index (χ0v) is 8.12. The summed E-state index contributed by atoms with van der Waals surface area (Å²) in [6.45, 7) is 2.27. The number of nitrogens with two attached hydrogens (primary N) is 1. The molecule has 4 heteroatoms. The molecule has 4 nitrogen and oxygen atoms in total. The molecule has 14 heavy (non-hydrogen) atoms. The molecule has 76 valence electrons. The normalized spacial score (nSPS) is 9.79. The molecule has 0 spiro atoms. The molecule has 1 amide bonds. The van der Waals surface area contributed by atoms with Crippen molar-refractivity contribution in [3.63, 3.8) is 0 Å². The van der Waals surface area contributed by atoms with Gasteiger partial charge in [0.25, 0.3) is 0 Å². The highest BCUT2D eigenvalue weighted by Gasteiger charge is 2.02. The molecule has 0 bridgehead atoms. The van der Waals surface area contributed by atoms with Gasteiger partial charge in [-0.15, -0.1) is 0 Å². The lowest BCUT2D eigenvalue weighted by molar-refractivity contribution is -0.132. The third-order valence-electron chi connectivity index (χ3n) is 1.65. The SMILES string of the molecule is CCONC(=O)Cc1cccc(N)c1. The van der Waals surface area contributed by atoms with Crippen LogP contribution in [0, 0.1) is 0 Å². The largest absolute Gasteiger partial charge is 0.399 e. The van der Waals surface area contributed by atoms with Crippen LogP contribution in [0.2, 0.25) is 0 Å². The molecule has 0 aliphatic carbocycles. The molecule has 0 radical (unpaired) electrons. The van der Waals surface area contributed by atoms with Gasteiger partial charge in [0.1, 0.15) is 0 Å². The fourth-order valence-electron chi connectivity index (χ4n) is 1.08. The van der Waals surface area contributed by atoms with Crippen LogP contribution in [-0.2, 0) is 16.1 Å². The molecule has 1 aromatic rings. The van der Waals surface area contributed by atoms with Crippen molar-refractivity contribution < 1.29 is 9.63 Å². The topological polar surface area (TPSA) is 64.3 Å². The zero-order chi connectivity index (χ0) is 10.4. The van der Waals surface area contributed by atoms with Gasteiger partial charge < -0.3 is 5.73 Å². The highest BCUT2D eigenvalue weighted by atomic mass is 16.6. The van der Waals surface area contributed by atoms with Gasteiger partial charge in [-0.1, -0.05) is 12.1 Å². The van der Waals surface area contributed by atoms with Crippen molar-refractivity contribution in [1.29, 1.82) is 0 Å². The average Bonchev–Trinajstić information content (AvgIpc) is 2.15. The lowest BCUT2D eigenvalue weighted by Crippen LogP contribution is -2.25. The third-order valence-corrected chi connectivity index (χ3v) is 1.65. The number of amides is 1. The lowest BCUT2D eigenvalue weighted by atomic mass is 10.1. The van der Waals surface area contributed by atoms with Crippen LogP contribution in [0.1, 0.15) is 12.5 Å². The maximum Gasteiger partial charge on any atom is 0.247 e. The summed E-state index contributed by atoms with van der Waals surface area (Å²) in [6.07, 6.45) is 0.283. The predicted molar refractivity (Wildman–Crippen MR) is 54.3 cm³/mol. The van der Waals surface area contributed by atoms with Gasteiger partial charge in [-0.3, -0.25) is 9.63 Å². The van der Waals surface area contributed by atoms with Crippen molar-refractivity contribution in [2.24, 2.45) is 0 Å². The van der Waals surface area contributed by atoms with E-state index in [-0.39, 0.29) is 12.3 Å². The molecule has 0 aliphatic heterocycles. The number of rotatable bonds is 4. The molecule has 0 aromatic heterocycles. The fourth-order valence-corrected chi connectivity index (χ4v) is 1.08. The predicted octanol–water partition coefficient (Wildman–Crippen LogP) is 0.879. The van der Waals surface area contributed by atoms with Crippen molar-refractivity contribution >= 4 is 11.6 Å². The number of benzene rings is 1. The smallest absolute Gasteiger partial charge is 0.247 e. The second-order valence-corrected chi connectivity index (χ2v) is 2.88. The van der Waals surface area contributed by atoms with Gasteiger partial charge in [0.2, 0.25) is 5.91 Å². The molecule has 0 saturated carbocycles. The molecule has 3 N–H and O–H groups in total. The number of hydrogen-bond acceptors (Lipinski definition) is 3. The Bertz CT molecular complexity index is 313. The lowest BCUT2D eigenvalue weighted by Gasteiger charge is -2.04. The molecule has 0 unspecified atom stereocenters. The molecular formula is C10H14N2O2. The molecule has 1 aromatic carbocycles. The first-order chi connectivity index (χ1) is 6.72. The van der Waals surface area contributed by atoms with Crippen LogP contribution >= 0.6 is 0 Å². The first-order valence-electron chi connectivity index (χ1n) is 4.47. The van der Waals surface area contributed by atoms with Crippen molar-refractivity contribution in [3.05, 3.63) is 29.8 Å². The van der Waals surface area contributed by atoms with Gasteiger partial charge in [0.15, 0.2) is 0 Å². The van der Waals surface area contributed by atoms with E-state index in [2.05, 4.69) is 5.48 Å². The number of nitrogen functional groups attached to an aromatic ring is 1. The monoisotopic (exact) mass is 194 g/mol. The Balaban J connectivity index is 2.47. The van der Waals surface area contributed by atoms with Crippen molar-refractivity contribution in [1.82, 2.24) is 5.48 Å². The summed E-state index contributed by atoms with van der Waals surface area (Å²) >= 11 is 0. The standard InChI is InChI=1S/C10H14N2O2/c1-2-14-12-10(13)7-8-4-3-5-9(11)6-8/h3-6H,2,7,11H2,1H3,(H,12,13). The maximum atomic E-state index is 11.2. The number of hydroxylamine groups is 1. The number of carbonyl (C=O) groups is 1. The zero-order valence-electron chi connectivity index (χ0n) is 8.12. The summed E-state index contributed by atoms with van der Waals surface area (Å²) in [4.78, 5) is 16.0. The highest BCUT2D eigenvalue weighted by Crippen LogP contribution is 2.06. The summed E-state index contributed by atoms with van der Waals surface area (Å²) in [5, 5.41) is 0. The van der Waals surface area contributed by atoms with Crippen LogP contribution in [-0.4, -0.2) is 12.5 Å². The second kappa shape index (κ2) is 5.24. The van der Waals surface area contributed by atoms with Gasteiger partial charge in [-0.2, -0.15) is 0 Å².